The number of carbonyl (C=O) groups excluding carboxylic acids is 2. The minimum absolute atomic E-state index is 0.0184. The minimum Gasteiger partial charge on any atom is -0.466 e. The van der Waals surface area contributed by atoms with Crippen LogP contribution in [0.4, 0.5) is 0 Å². The summed E-state index contributed by atoms with van der Waals surface area (Å²) in [4.78, 5) is 23.7. The third kappa shape index (κ3) is 13.6. The summed E-state index contributed by atoms with van der Waals surface area (Å²) in [5, 5.41) is 8.77. The van der Waals surface area contributed by atoms with Gasteiger partial charge in [0.05, 0.1) is 25.9 Å². The zero-order valence-corrected chi connectivity index (χ0v) is 18.5. The molecule has 0 heterocycles. The van der Waals surface area contributed by atoms with E-state index in [0.717, 1.165) is 50.5 Å². The van der Waals surface area contributed by atoms with Crippen molar-refractivity contribution in [2.75, 3.05) is 19.8 Å². The van der Waals surface area contributed by atoms with Crippen LogP contribution >= 0.6 is 0 Å². The number of unbranched alkanes of at least 4 members (excludes halogenated alkanes) is 10. The Morgan fingerprint density at radius 1 is 0.966 bits per heavy atom. The molecule has 0 aliphatic heterocycles. The van der Waals surface area contributed by atoms with Crippen molar-refractivity contribution in [3.05, 3.63) is 11.6 Å². The van der Waals surface area contributed by atoms with Gasteiger partial charge >= 0.3 is 5.97 Å². The van der Waals surface area contributed by atoms with Crippen LogP contribution in [0.15, 0.2) is 11.6 Å². The second kappa shape index (κ2) is 17.6. The van der Waals surface area contributed by atoms with Gasteiger partial charge in [-0.1, -0.05) is 64.7 Å². The summed E-state index contributed by atoms with van der Waals surface area (Å²) >= 11 is 0. The second-order valence-electron chi connectivity index (χ2n) is 8.06. The fourth-order valence-electron chi connectivity index (χ4n) is 3.66. The fourth-order valence-corrected chi connectivity index (χ4v) is 3.66. The first-order valence-corrected chi connectivity index (χ1v) is 11.8. The predicted molar refractivity (Wildman–Crippen MR) is 116 cm³/mol. The molecule has 0 spiro atoms. The Morgan fingerprint density at radius 3 is 2.34 bits per heavy atom. The average Bonchev–Trinajstić information content (AvgIpc) is 3.07. The summed E-state index contributed by atoms with van der Waals surface area (Å²) in [7, 11) is 0. The van der Waals surface area contributed by atoms with Crippen LogP contribution < -0.4 is 0 Å². The van der Waals surface area contributed by atoms with Crippen molar-refractivity contribution < 1.29 is 24.2 Å². The van der Waals surface area contributed by atoms with Crippen molar-refractivity contribution >= 4 is 11.8 Å². The molecule has 1 unspecified atom stereocenters. The first-order chi connectivity index (χ1) is 14.2. The lowest BCUT2D eigenvalue weighted by atomic mass is 10.0. The van der Waals surface area contributed by atoms with E-state index < -0.39 is 0 Å². The number of aliphatic hydroxyl groups excluding tert-OH is 1. The third-order valence-electron chi connectivity index (χ3n) is 5.39. The van der Waals surface area contributed by atoms with Gasteiger partial charge in [0.2, 0.25) is 0 Å². The number of Topliss-reactive ketones (excluding diaryl/α,β-unsaturated/α-hetero) is 1. The number of carbonyl (C=O) groups is 2. The molecular formula is C24H42O5. The molecule has 0 aromatic heterocycles. The van der Waals surface area contributed by atoms with Gasteiger partial charge in [-0.2, -0.15) is 0 Å². The van der Waals surface area contributed by atoms with E-state index in [0.29, 0.717) is 19.4 Å². The first-order valence-electron chi connectivity index (χ1n) is 11.8. The van der Waals surface area contributed by atoms with Gasteiger partial charge < -0.3 is 14.6 Å². The maximum Gasteiger partial charge on any atom is 0.305 e. The molecule has 168 valence electrons. The molecule has 0 aromatic rings. The Balaban J connectivity index is 1.91. The quantitative estimate of drug-likeness (QED) is 0.231. The van der Waals surface area contributed by atoms with E-state index in [1.165, 1.54) is 38.5 Å². The van der Waals surface area contributed by atoms with Gasteiger partial charge in [-0.15, -0.1) is 0 Å². The van der Waals surface area contributed by atoms with Crippen LogP contribution in [0.5, 0.6) is 0 Å². The van der Waals surface area contributed by atoms with Crippen LogP contribution in [0, 0.1) is 0 Å². The summed E-state index contributed by atoms with van der Waals surface area (Å²) in [6.45, 7) is 3.05. The molecule has 0 amide bonds. The van der Waals surface area contributed by atoms with Gasteiger partial charge in [0.25, 0.3) is 0 Å². The summed E-state index contributed by atoms with van der Waals surface area (Å²) in [6, 6.07) is 0. The number of allylic oxidation sites excluding steroid dienone is 1. The lowest BCUT2D eigenvalue weighted by molar-refractivity contribution is -0.143. The van der Waals surface area contributed by atoms with Crippen molar-refractivity contribution in [3.8, 4) is 0 Å². The molecule has 29 heavy (non-hydrogen) atoms. The number of rotatable bonds is 19. The molecule has 1 atom stereocenters. The summed E-state index contributed by atoms with van der Waals surface area (Å²) in [5.41, 5.74) is 0.859. The predicted octanol–water partition coefficient (Wildman–Crippen LogP) is 5.29. The number of hydrogen-bond acceptors (Lipinski definition) is 5. The molecule has 0 aromatic carbocycles. The standard InChI is InChI=1S/C24H42O5/c1-2-3-4-5-6-7-10-13-17-29-24(27)15-12-9-8-11-14-21-19-22(20-23(21)26)28-18-16-25/h19,22,25H,2-18,20H2,1H3. The van der Waals surface area contributed by atoms with Crippen LogP contribution in [0.25, 0.3) is 0 Å². The van der Waals surface area contributed by atoms with E-state index in [2.05, 4.69) is 6.92 Å². The van der Waals surface area contributed by atoms with E-state index in [-0.39, 0.29) is 31.1 Å². The van der Waals surface area contributed by atoms with Crippen molar-refractivity contribution in [2.24, 2.45) is 0 Å². The molecule has 0 fully saturated rings. The number of aliphatic hydroxyl groups is 1. The van der Waals surface area contributed by atoms with E-state index >= 15 is 0 Å². The highest BCUT2D eigenvalue weighted by atomic mass is 16.5. The number of ether oxygens (including phenoxy) is 2. The summed E-state index contributed by atoms with van der Waals surface area (Å²) < 4.78 is 10.7. The molecule has 0 bridgehead atoms. The molecule has 1 aliphatic carbocycles. The van der Waals surface area contributed by atoms with E-state index in [4.69, 9.17) is 14.6 Å². The Morgan fingerprint density at radius 2 is 1.62 bits per heavy atom. The molecular weight excluding hydrogens is 368 g/mol. The Hall–Kier alpha value is -1.20. The Bertz CT molecular complexity index is 472. The van der Waals surface area contributed by atoms with Crippen molar-refractivity contribution in [1.29, 1.82) is 0 Å². The van der Waals surface area contributed by atoms with Crippen LogP contribution in [0.1, 0.15) is 103 Å². The molecule has 1 rings (SSSR count). The summed E-state index contributed by atoms with van der Waals surface area (Å²) in [5.74, 6) is 0.0861. The van der Waals surface area contributed by atoms with Crippen LogP contribution in [-0.2, 0) is 19.1 Å². The van der Waals surface area contributed by atoms with Gasteiger partial charge in [0.15, 0.2) is 5.78 Å². The Labute approximate surface area is 177 Å². The van der Waals surface area contributed by atoms with Crippen molar-refractivity contribution in [2.45, 2.75) is 109 Å². The maximum absolute atomic E-state index is 11.9. The zero-order valence-electron chi connectivity index (χ0n) is 18.5. The fraction of sp³-hybridized carbons (Fsp3) is 0.833. The summed E-state index contributed by atoms with van der Waals surface area (Å²) in [6.07, 6.45) is 17.2. The smallest absolute Gasteiger partial charge is 0.305 e. The molecule has 5 nitrogen and oxygen atoms in total. The lowest BCUT2D eigenvalue weighted by Crippen LogP contribution is -2.11. The van der Waals surface area contributed by atoms with Crippen LogP contribution in [0.2, 0.25) is 0 Å². The lowest BCUT2D eigenvalue weighted by Gasteiger charge is -2.05. The molecule has 0 saturated heterocycles. The molecule has 5 heteroatoms. The zero-order chi connectivity index (χ0) is 21.2. The van der Waals surface area contributed by atoms with Gasteiger partial charge in [0, 0.05) is 12.8 Å². The first kappa shape index (κ1) is 25.8. The maximum atomic E-state index is 11.9. The highest BCUT2D eigenvalue weighted by Gasteiger charge is 2.23. The number of ketones is 1. The second-order valence-corrected chi connectivity index (χ2v) is 8.06. The highest BCUT2D eigenvalue weighted by Crippen LogP contribution is 2.22. The molecule has 0 radical (unpaired) electrons. The Kier molecular flexibility index (Phi) is 15.7. The molecule has 0 saturated carbocycles. The van der Waals surface area contributed by atoms with Gasteiger partial charge in [-0.25, -0.2) is 0 Å². The third-order valence-corrected chi connectivity index (χ3v) is 5.39. The molecule has 1 aliphatic rings. The number of hydrogen-bond donors (Lipinski definition) is 1. The van der Waals surface area contributed by atoms with Crippen LogP contribution in [0.3, 0.4) is 0 Å². The van der Waals surface area contributed by atoms with E-state index in [1.807, 2.05) is 6.08 Å². The van der Waals surface area contributed by atoms with Crippen molar-refractivity contribution in [3.63, 3.8) is 0 Å². The van der Waals surface area contributed by atoms with Gasteiger partial charge in [-0.05, 0) is 37.3 Å². The normalized spacial score (nSPS) is 16.3. The van der Waals surface area contributed by atoms with E-state index in [1.54, 1.807) is 0 Å². The average molecular weight is 411 g/mol. The van der Waals surface area contributed by atoms with Crippen LogP contribution in [-0.4, -0.2) is 42.8 Å². The SMILES string of the molecule is CCCCCCCCCCOC(=O)CCCCCCC1=CC(OCCO)CC1=O. The highest BCUT2D eigenvalue weighted by molar-refractivity contribution is 5.98. The minimum atomic E-state index is -0.166. The van der Waals surface area contributed by atoms with Crippen molar-refractivity contribution in [1.82, 2.24) is 0 Å². The largest absolute Gasteiger partial charge is 0.466 e. The number of esters is 1. The molecule has 1 N–H and O–H groups in total. The monoisotopic (exact) mass is 410 g/mol. The van der Waals surface area contributed by atoms with Gasteiger partial charge in [0.1, 0.15) is 0 Å². The van der Waals surface area contributed by atoms with Gasteiger partial charge in [-0.3, -0.25) is 9.59 Å². The topological polar surface area (TPSA) is 72.8 Å². The van der Waals surface area contributed by atoms with E-state index in [9.17, 15) is 9.59 Å².